The van der Waals surface area contributed by atoms with Gasteiger partial charge in [-0.2, -0.15) is 0 Å². The van der Waals surface area contributed by atoms with Crippen molar-refractivity contribution < 1.29 is 4.79 Å². The molecule has 1 heterocycles. The Kier molecular flexibility index (Phi) is 6.31. The lowest BCUT2D eigenvalue weighted by molar-refractivity contribution is -0.125. The van der Waals surface area contributed by atoms with Crippen LogP contribution in [-0.4, -0.2) is 42.9 Å². The molecule has 1 aliphatic carbocycles. The number of nitrogens with zero attached hydrogens (tertiary/aromatic N) is 2. The monoisotopic (exact) mass is 408 g/mol. The molecule has 0 radical (unpaired) electrons. The summed E-state index contributed by atoms with van der Waals surface area (Å²) >= 11 is 0. The number of nitrogens with two attached hydrogens (primary N) is 1. The molecule has 122 valence electrons. The molecule has 1 aliphatic heterocycles. The fraction of sp³-hybridized carbons (Fsp3) is 0.867. The molecule has 2 rings (SSSR count). The van der Waals surface area contributed by atoms with Crippen molar-refractivity contribution in [3.05, 3.63) is 0 Å². The summed E-state index contributed by atoms with van der Waals surface area (Å²) in [6.07, 6.45) is 5.36. The van der Waals surface area contributed by atoms with E-state index >= 15 is 0 Å². The second kappa shape index (κ2) is 7.15. The van der Waals surface area contributed by atoms with E-state index in [9.17, 15) is 4.79 Å². The molecule has 0 bridgehead atoms. The number of aliphatic imine (C=N–C) groups is 1. The summed E-state index contributed by atoms with van der Waals surface area (Å²) in [5.74, 6) is 0.639. The summed E-state index contributed by atoms with van der Waals surface area (Å²) in [6.45, 7) is 9.23. The lowest BCUT2D eigenvalue weighted by atomic mass is 9.68. The van der Waals surface area contributed by atoms with E-state index in [0.29, 0.717) is 12.0 Å². The van der Waals surface area contributed by atoms with E-state index < -0.39 is 5.41 Å². The zero-order chi connectivity index (χ0) is 14.8. The van der Waals surface area contributed by atoms with Gasteiger partial charge in [-0.3, -0.25) is 9.79 Å². The number of likely N-dealkylation sites (tertiary alicyclic amines) is 1. The molecule has 0 atom stereocenters. The maximum atomic E-state index is 11.4. The fourth-order valence-electron chi connectivity index (χ4n) is 2.98. The van der Waals surface area contributed by atoms with Gasteiger partial charge in [0.25, 0.3) is 0 Å². The molecule has 2 fully saturated rings. The van der Waals surface area contributed by atoms with Crippen molar-refractivity contribution in [3.63, 3.8) is 0 Å². The SMILES string of the molecule is CCNC(=NCC(C)(C)C(N)=O)N1CCC2(CCC2)C1.I. The van der Waals surface area contributed by atoms with Crippen LogP contribution in [-0.2, 0) is 4.79 Å². The van der Waals surface area contributed by atoms with Gasteiger partial charge in [-0.25, -0.2) is 0 Å². The van der Waals surface area contributed by atoms with Crippen molar-refractivity contribution in [2.45, 2.75) is 46.5 Å². The molecule has 21 heavy (non-hydrogen) atoms. The van der Waals surface area contributed by atoms with Gasteiger partial charge in [0.1, 0.15) is 0 Å². The molecule has 3 N–H and O–H groups in total. The van der Waals surface area contributed by atoms with Gasteiger partial charge in [-0.15, -0.1) is 24.0 Å². The third-order valence-corrected chi connectivity index (χ3v) is 4.78. The predicted molar refractivity (Wildman–Crippen MR) is 96.8 cm³/mol. The van der Waals surface area contributed by atoms with Crippen LogP contribution >= 0.6 is 24.0 Å². The van der Waals surface area contributed by atoms with E-state index in [2.05, 4.69) is 22.1 Å². The molecule has 1 amide bonds. The molecule has 1 spiro atoms. The van der Waals surface area contributed by atoms with Crippen molar-refractivity contribution in [3.8, 4) is 0 Å². The van der Waals surface area contributed by atoms with Crippen LogP contribution in [0.25, 0.3) is 0 Å². The van der Waals surface area contributed by atoms with Crippen molar-refractivity contribution in [2.75, 3.05) is 26.2 Å². The summed E-state index contributed by atoms with van der Waals surface area (Å²) in [4.78, 5) is 18.4. The van der Waals surface area contributed by atoms with E-state index in [0.717, 1.165) is 25.6 Å². The van der Waals surface area contributed by atoms with E-state index in [1.165, 1.54) is 25.7 Å². The summed E-state index contributed by atoms with van der Waals surface area (Å²) in [5.41, 5.74) is 5.38. The first-order valence-electron chi connectivity index (χ1n) is 7.72. The van der Waals surface area contributed by atoms with Crippen LogP contribution in [0.5, 0.6) is 0 Å². The van der Waals surface area contributed by atoms with Gasteiger partial charge in [-0.1, -0.05) is 6.42 Å². The average molecular weight is 408 g/mol. The van der Waals surface area contributed by atoms with E-state index in [4.69, 9.17) is 5.73 Å². The van der Waals surface area contributed by atoms with E-state index in [1.807, 2.05) is 13.8 Å². The van der Waals surface area contributed by atoms with Crippen LogP contribution in [0.4, 0.5) is 0 Å². The summed E-state index contributed by atoms with van der Waals surface area (Å²) in [6, 6.07) is 0. The number of amides is 1. The Morgan fingerprint density at radius 3 is 2.48 bits per heavy atom. The third-order valence-electron chi connectivity index (χ3n) is 4.78. The van der Waals surface area contributed by atoms with Crippen LogP contribution in [0.2, 0.25) is 0 Å². The molecule has 2 aliphatic rings. The van der Waals surface area contributed by atoms with E-state index in [1.54, 1.807) is 0 Å². The lowest BCUT2D eigenvalue weighted by Gasteiger charge is -2.38. The highest BCUT2D eigenvalue weighted by molar-refractivity contribution is 14.0. The summed E-state index contributed by atoms with van der Waals surface area (Å²) in [5, 5.41) is 3.35. The Bertz CT molecular complexity index is 404. The minimum Gasteiger partial charge on any atom is -0.369 e. The fourth-order valence-corrected chi connectivity index (χ4v) is 2.98. The van der Waals surface area contributed by atoms with Gasteiger partial charge in [0, 0.05) is 19.6 Å². The topological polar surface area (TPSA) is 70.7 Å². The largest absolute Gasteiger partial charge is 0.369 e. The number of carbonyl (C=O) groups excluding carboxylic acids is 1. The van der Waals surface area contributed by atoms with Crippen LogP contribution in [0.15, 0.2) is 4.99 Å². The summed E-state index contributed by atoms with van der Waals surface area (Å²) in [7, 11) is 0. The summed E-state index contributed by atoms with van der Waals surface area (Å²) < 4.78 is 0. The first-order valence-corrected chi connectivity index (χ1v) is 7.72. The quantitative estimate of drug-likeness (QED) is 0.425. The van der Waals surface area contributed by atoms with Crippen LogP contribution in [0.1, 0.15) is 46.5 Å². The smallest absolute Gasteiger partial charge is 0.224 e. The molecule has 0 aromatic carbocycles. The van der Waals surface area contributed by atoms with Crippen LogP contribution in [0.3, 0.4) is 0 Å². The predicted octanol–water partition coefficient (Wildman–Crippen LogP) is 1.96. The highest BCUT2D eigenvalue weighted by Crippen LogP contribution is 2.47. The Labute approximate surface area is 145 Å². The lowest BCUT2D eigenvalue weighted by Crippen LogP contribution is -2.43. The zero-order valence-corrected chi connectivity index (χ0v) is 15.8. The highest BCUT2D eigenvalue weighted by Gasteiger charge is 2.43. The van der Waals surface area contributed by atoms with Gasteiger partial charge in [0.15, 0.2) is 5.96 Å². The van der Waals surface area contributed by atoms with Gasteiger partial charge >= 0.3 is 0 Å². The highest BCUT2D eigenvalue weighted by atomic mass is 127. The Morgan fingerprint density at radius 1 is 1.38 bits per heavy atom. The maximum Gasteiger partial charge on any atom is 0.224 e. The third kappa shape index (κ3) is 4.23. The number of guanidine groups is 1. The number of primary amides is 1. The molecule has 0 aromatic rings. The first kappa shape index (κ1) is 18.5. The minimum absolute atomic E-state index is 0. The van der Waals surface area contributed by atoms with E-state index in [-0.39, 0.29) is 29.9 Å². The molecular weight excluding hydrogens is 379 g/mol. The van der Waals surface area contributed by atoms with Crippen molar-refractivity contribution in [1.29, 1.82) is 0 Å². The zero-order valence-electron chi connectivity index (χ0n) is 13.4. The van der Waals surface area contributed by atoms with Crippen molar-refractivity contribution >= 4 is 35.8 Å². The number of nitrogens with one attached hydrogen (secondary N) is 1. The number of hydrogen-bond donors (Lipinski definition) is 2. The number of carbonyl (C=O) groups is 1. The average Bonchev–Trinajstić information content (AvgIpc) is 2.79. The van der Waals surface area contributed by atoms with Crippen LogP contribution < -0.4 is 11.1 Å². The molecule has 1 saturated heterocycles. The standard InChI is InChI=1S/C15H28N4O.HI/c1-4-17-13(18-10-14(2,3)12(16)20)19-9-8-15(11-19)6-5-7-15;/h4-11H2,1-3H3,(H2,16,20)(H,17,18);1H. The second-order valence-corrected chi connectivity index (χ2v) is 6.94. The van der Waals surface area contributed by atoms with Crippen molar-refractivity contribution in [1.82, 2.24) is 10.2 Å². The first-order chi connectivity index (χ1) is 9.38. The van der Waals surface area contributed by atoms with Gasteiger partial charge in [-0.05, 0) is 45.4 Å². The molecule has 0 aromatic heterocycles. The van der Waals surface area contributed by atoms with Gasteiger partial charge in [0.05, 0.1) is 12.0 Å². The number of hydrogen-bond acceptors (Lipinski definition) is 2. The minimum atomic E-state index is -0.589. The molecular formula is C15H29IN4O. The Hall–Kier alpha value is -0.530. The van der Waals surface area contributed by atoms with Gasteiger partial charge < -0.3 is 16.0 Å². The molecule has 6 heteroatoms. The molecule has 0 unspecified atom stereocenters. The van der Waals surface area contributed by atoms with Crippen LogP contribution in [0, 0.1) is 10.8 Å². The normalized spacial score (nSPS) is 20.9. The van der Waals surface area contributed by atoms with Gasteiger partial charge in [0.2, 0.25) is 5.91 Å². The Morgan fingerprint density at radius 2 is 2.05 bits per heavy atom. The molecule has 1 saturated carbocycles. The Balaban J connectivity index is 0.00000220. The second-order valence-electron chi connectivity index (χ2n) is 6.94. The maximum absolute atomic E-state index is 11.4. The number of halogens is 1. The van der Waals surface area contributed by atoms with Crippen molar-refractivity contribution in [2.24, 2.45) is 21.6 Å². The molecule has 5 nitrogen and oxygen atoms in total. The number of rotatable bonds is 4.